The van der Waals surface area contributed by atoms with Crippen LogP contribution in [0.4, 0.5) is 0 Å². The monoisotopic (exact) mass is 197 g/mol. The first-order valence-corrected chi connectivity index (χ1v) is 5.66. The summed E-state index contributed by atoms with van der Waals surface area (Å²) < 4.78 is 5.50. The smallest absolute Gasteiger partial charge is 0.252 e. The molecule has 1 unspecified atom stereocenters. The Kier molecular flexibility index (Phi) is 2.77. The summed E-state index contributed by atoms with van der Waals surface area (Å²) in [5.74, 6) is 0.0990. The first kappa shape index (κ1) is 9.97. The van der Waals surface area contributed by atoms with Crippen molar-refractivity contribution in [3.63, 3.8) is 0 Å². The van der Waals surface area contributed by atoms with Crippen LogP contribution in [0.1, 0.15) is 45.4 Å². The normalized spacial score (nSPS) is 33.5. The molecule has 1 amide bonds. The Labute approximate surface area is 85.2 Å². The quantitative estimate of drug-likeness (QED) is 0.730. The molecule has 0 aromatic carbocycles. The maximum atomic E-state index is 11.9. The fourth-order valence-electron chi connectivity index (χ4n) is 2.37. The molecule has 0 aromatic heterocycles. The summed E-state index contributed by atoms with van der Waals surface area (Å²) in [5, 5.41) is 3.10. The average Bonchev–Trinajstić information content (AvgIpc) is 2.76. The van der Waals surface area contributed by atoms with Crippen molar-refractivity contribution < 1.29 is 9.53 Å². The number of hydrogen-bond donors (Lipinski definition) is 1. The van der Waals surface area contributed by atoms with Gasteiger partial charge in [-0.1, -0.05) is 12.8 Å². The van der Waals surface area contributed by atoms with Crippen LogP contribution in [0.15, 0.2) is 0 Å². The molecule has 3 heteroatoms. The van der Waals surface area contributed by atoms with E-state index in [1.807, 2.05) is 6.92 Å². The maximum Gasteiger partial charge on any atom is 0.252 e. The van der Waals surface area contributed by atoms with E-state index in [1.54, 1.807) is 0 Å². The molecule has 14 heavy (non-hydrogen) atoms. The Bertz CT molecular complexity index is 215. The number of ether oxygens (including phenoxy) is 1. The van der Waals surface area contributed by atoms with Gasteiger partial charge in [-0.25, -0.2) is 0 Å². The van der Waals surface area contributed by atoms with Gasteiger partial charge in [-0.2, -0.15) is 0 Å². The molecule has 3 nitrogen and oxygen atoms in total. The lowest BCUT2D eigenvalue weighted by molar-refractivity contribution is -0.140. The topological polar surface area (TPSA) is 38.3 Å². The van der Waals surface area contributed by atoms with Gasteiger partial charge in [-0.15, -0.1) is 0 Å². The zero-order valence-corrected chi connectivity index (χ0v) is 8.84. The fourth-order valence-corrected chi connectivity index (χ4v) is 2.37. The van der Waals surface area contributed by atoms with Crippen LogP contribution in [-0.2, 0) is 9.53 Å². The van der Waals surface area contributed by atoms with E-state index in [1.165, 1.54) is 12.8 Å². The molecule has 2 aliphatic rings. The number of hydrogen-bond acceptors (Lipinski definition) is 2. The lowest BCUT2D eigenvalue weighted by atomic mass is 10.0. The van der Waals surface area contributed by atoms with Crippen LogP contribution < -0.4 is 5.32 Å². The molecular weight excluding hydrogens is 178 g/mol. The van der Waals surface area contributed by atoms with Crippen molar-refractivity contribution in [1.82, 2.24) is 5.32 Å². The van der Waals surface area contributed by atoms with E-state index < -0.39 is 5.60 Å². The second-order valence-electron chi connectivity index (χ2n) is 4.64. The first-order valence-electron chi connectivity index (χ1n) is 5.66. The Morgan fingerprint density at radius 2 is 2.07 bits per heavy atom. The van der Waals surface area contributed by atoms with Gasteiger partial charge in [-0.3, -0.25) is 4.79 Å². The molecule has 2 rings (SSSR count). The van der Waals surface area contributed by atoms with Crippen LogP contribution in [-0.4, -0.2) is 24.2 Å². The van der Waals surface area contributed by atoms with Gasteiger partial charge in [0.25, 0.3) is 5.91 Å². The molecule has 1 heterocycles. The van der Waals surface area contributed by atoms with Crippen molar-refractivity contribution in [1.29, 1.82) is 0 Å². The molecule has 0 radical (unpaired) electrons. The maximum absolute atomic E-state index is 11.9. The van der Waals surface area contributed by atoms with Gasteiger partial charge >= 0.3 is 0 Å². The van der Waals surface area contributed by atoms with Crippen molar-refractivity contribution in [3.8, 4) is 0 Å². The number of carbonyl (C=O) groups is 1. The number of rotatable bonds is 2. The summed E-state index contributed by atoms with van der Waals surface area (Å²) >= 11 is 0. The van der Waals surface area contributed by atoms with Crippen LogP contribution in [0, 0.1) is 0 Å². The van der Waals surface area contributed by atoms with Crippen LogP contribution in [0.5, 0.6) is 0 Å². The average molecular weight is 197 g/mol. The second kappa shape index (κ2) is 3.89. The van der Waals surface area contributed by atoms with Gasteiger partial charge in [0, 0.05) is 12.6 Å². The summed E-state index contributed by atoms with van der Waals surface area (Å²) in [4.78, 5) is 11.9. The van der Waals surface area contributed by atoms with E-state index in [-0.39, 0.29) is 5.91 Å². The Morgan fingerprint density at radius 1 is 1.36 bits per heavy atom. The van der Waals surface area contributed by atoms with Crippen LogP contribution in [0.25, 0.3) is 0 Å². The van der Waals surface area contributed by atoms with E-state index in [4.69, 9.17) is 4.74 Å². The highest BCUT2D eigenvalue weighted by atomic mass is 16.5. The largest absolute Gasteiger partial charge is 0.365 e. The minimum absolute atomic E-state index is 0.0990. The SMILES string of the molecule is CC1(C(=O)NC2CCCC2)CCCO1. The summed E-state index contributed by atoms with van der Waals surface area (Å²) in [6, 6.07) is 0.406. The molecule has 0 bridgehead atoms. The molecule has 1 saturated heterocycles. The molecule has 1 aliphatic carbocycles. The minimum Gasteiger partial charge on any atom is -0.365 e. The Hall–Kier alpha value is -0.570. The fraction of sp³-hybridized carbons (Fsp3) is 0.909. The summed E-state index contributed by atoms with van der Waals surface area (Å²) in [6.07, 6.45) is 6.66. The number of carbonyl (C=O) groups excluding carboxylic acids is 1. The molecular formula is C11H19NO2. The predicted molar refractivity (Wildman–Crippen MR) is 54.0 cm³/mol. The third-order valence-corrected chi connectivity index (χ3v) is 3.39. The highest BCUT2D eigenvalue weighted by Crippen LogP contribution is 2.26. The van der Waals surface area contributed by atoms with E-state index in [0.717, 1.165) is 32.3 Å². The molecule has 0 aromatic rings. The zero-order valence-electron chi connectivity index (χ0n) is 8.84. The van der Waals surface area contributed by atoms with Crippen LogP contribution in [0.2, 0.25) is 0 Å². The summed E-state index contributed by atoms with van der Waals surface area (Å²) in [7, 11) is 0. The van der Waals surface area contributed by atoms with Gasteiger partial charge in [0.2, 0.25) is 0 Å². The molecule has 1 saturated carbocycles. The number of nitrogens with one attached hydrogen (secondary N) is 1. The molecule has 0 spiro atoms. The van der Waals surface area contributed by atoms with Crippen LogP contribution in [0.3, 0.4) is 0 Å². The van der Waals surface area contributed by atoms with Crippen molar-refractivity contribution in [2.75, 3.05) is 6.61 Å². The van der Waals surface area contributed by atoms with Crippen molar-refractivity contribution >= 4 is 5.91 Å². The highest BCUT2D eigenvalue weighted by Gasteiger charge is 2.38. The Balaban J connectivity index is 1.87. The molecule has 1 aliphatic heterocycles. The zero-order chi connectivity index (χ0) is 10.0. The first-order chi connectivity index (χ1) is 6.71. The van der Waals surface area contributed by atoms with E-state index in [2.05, 4.69) is 5.32 Å². The van der Waals surface area contributed by atoms with Gasteiger partial charge in [0.1, 0.15) is 5.60 Å². The third kappa shape index (κ3) is 1.92. The van der Waals surface area contributed by atoms with Gasteiger partial charge in [0.05, 0.1) is 0 Å². The summed E-state index contributed by atoms with van der Waals surface area (Å²) in [5.41, 5.74) is -0.539. The predicted octanol–water partition coefficient (Wildman–Crippen LogP) is 1.61. The van der Waals surface area contributed by atoms with Crippen molar-refractivity contribution in [3.05, 3.63) is 0 Å². The van der Waals surface area contributed by atoms with Gasteiger partial charge in [0.15, 0.2) is 0 Å². The van der Waals surface area contributed by atoms with E-state index >= 15 is 0 Å². The molecule has 1 atom stereocenters. The Morgan fingerprint density at radius 3 is 2.64 bits per heavy atom. The highest BCUT2D eigenvalue weighted by molar-refractivity contribution is 5.85. The second-order valence-corrected chi connectivity index (χ2v) is 4.64. The minimum atomic E-state index is -0.539. The van der Waals surface area contributed by atoms with Crippen molar-refractivity contribution in [2.45, 2.75) is 57.1 Å². The van der Waals surface area contributed by atoms with Crippen molar-refractivity contribution in [2.24, 2.45) is 0 Å². The standard InChI is InChI=1S/C11H19NO2/c1-11(7-4-8-14-11)10(13)12-9-5-2-3-6-9/h9H,2-8H2,1H3,(H,12,13). The van der Waals surface area contributed by atoms with Crippen LogP contribution >= 0.6 is 0 Å². The van der Waals surface area contributed by atoms with Gasteiger partial charge in [-0.05, 0) is 32.6 Å². The van der Waals surface area contributed by atoms with Gasteiger partial charge < -0.3 is 10.1 Å². The summed E-state index contributed by atoms with van der Waals surface area (Å²) in [6.45, 7) is 2.64. The lowest BCUT2D eigenvalue weighted by Gasteiger charge is -2.24. The lowest BCUT2D eigenvalue weighted by Crippen LogP contribution is -2.47. The number of amides is 1. The molecule has 2 fully saturated rings. The molecule has 1 N–H and O–H groups in total. The molecule has 80 valence electrons. The van der Waals surface area contributed by atoms with E-state index in [0.29, 0.717) is 6.04 Å². The van der Waals surface area contributed by atoms with E-state index in [9.17, 15) is 4.79 Å². The third-order valence-electron chi connectivity index (χ3n) is 3.39.